The van der Waals surface area contributed by atoms with Crippen LogP contribution in [-0.2, 0) is 35.2 Å². The molecule has 9 N–H and O–H groups in total. The van der Waals surface area contributed by atoms with Crippen LogP contribution in [0.15, 0.2) is 30.3 Å². The minimum Gasteiger partial charge on any atom is -0.481 e. The first-order chi connectivity index (χ1) is 17.3. The number of carboxylic acid groups (broad SMARTS) is 2. The van der Waals surface area contributed by atoms with Crippen molar-refractivity contribution in [3.63, 3.8) is 0 Å². The van der Waals surface area contributed by atoms with Gasteiger partial charge in [-0.3, -0.25) is 24.0 Å². The average Bonchev–Trinajstić information content (AvgIpc) is 2.82. The molecule has 1 aromatic carbocycles. The topological polar surface area (TPSA) is 231 Å². The maximum absolute atomic E-state index is 13.2. The van der Waals surface area contributed by atoms with Gasteiger partial charge in [0.25, 0.3) is 0 Å². The zero-order valence-electron chi connectivity index (χ0n) is 20.8. The van der Waals surface area contributed by atoms with Gasteiger partial charge in [-0.05, 0) is 24.3 Å². The Balaban J connectivity index is 3.12. The predicted octanol–water partition coefficient (Wildman–Crippen LogP) is -1.12. The van der Waals surface area contributed by atoms with Crippen molar-refractivity contribution in [1.82, 2.24) is 16.0 Å². The van der Waals surface area contributed by atoms with E-state index >= 15 is 0 Å². The number of aliphatic carboxylic acids is 2. The zero-order chi connectivity index (χ0) is 28.1. The van der Waals surface area contributed by atoms with Crippen LogP contribution in [0.2, 0.25) is 0 Å². The molecule has 37 heavy (non-hydrogen) atoms. The summed E-state index contributed by atoms with van der Waals surface area (Å²) in [4.78, 5) is 72.3. The van der Waals surface area contributed by atoms with Crippen molar-refractivity contribution >= 4 is 35.6 Å². The predicted molar refractivity (Wildman–Crippen MR) is 132 cm³/mol. The Hall–Kier alpha value is -4.00. The molecule has 1 aromatic rings. The number of primary amides is 1. The minimum absolute atomic E-state index is 0.0119. The van der Waals surface area contributed by atoms with Crippen LogP contribution >= 0.6 is 0 Å². The third-order valence-electron chi connectivity index (χ3n) is 5.46. The molecule has 0 aliphatic heterocycles. The lowest BCUT2D eigenvalue weighted by molar-refractivity contribution is -0.143. The molecule has 204 valence electrons. The van der Waals surface area contributed by atoms with Gasteiger partial charge in [-0.1, -0.05) is 44.2 Å². The van der Waals surface area contributed by atoms with E-state index in [2.05, 4.69) is 16.0 Å². The van der Waals surface area contributed by atoms with Gasteiger partial charge in [-0.25, -0.2) is 4.79 Å². The average molecular weight is 522 g/mol. The highest BCUT2D eigenvalue weighted by molar-refractivity contribution is 5.94. The van der Waals surface area contributed by atoms with E-state index in [-0.39, 0.29) is 32.1 Å². The number of carbonyl (C=O) groups excluding carboxylic acids is 4. The summed E-state index contributed by atoms with van der Waals surface area (Å²) >= 11 is 0. The van der Waals surface area contributed by atoms with Crippen molar-refractivity contribution in [2.45, 2.75) is 70.1 Å². The normalized spacial score (nSPS) is 14.1. The summed E-state index contributed by atoms with van der Waals surface area (Å²) in [7, 11) is 0. The number of rotatable bonds is 16. The fourth-order valence-electron chi connectivity index (χ4n) is 3.34. The number of nitrogens with two attached hydrogens (primary N) is 2. The van der Waals surface area contributed by atoms with E-state index in [9.17, 15) is 33.9 Å². The van der Waals surface area contributed by atoms with Crippen LogP contribution in [0.5, 0.6) is 0 Å². The van der Waals surface area contributed by atoms with Gasteiger partial charge < -0.3 is 37.6 Å². The molecule has 1 rings (SSSR count). The lowest BCUT2D eigenvalue weighted by Crippen LogP contribution is -2.58. The van der Waals surface area contributed by atoms with E-state index in [1.165, 1.54) is 0 Å². The molecule has 4 unspecified atom stereocenters. The first-order valence-corrected chi connectivity index (χ1v) is 11.7. The van der Waals surface area contributed by atoms with Crippen molar-refractivity contribution in [3.05, 3.63) is 35.9 Å². The number of nitrogens with one attached hydrogen (secondary N) is 3. The van der Waals surface area contributed by atoms with Crippen molar-refractivity contribution < 1.29 is 39.0 Å². The smallest absolute Gasteiger partial charge is 0.326 e. The highest BCUT2D eigenvalue weighted by Gasteiger charge is 2.31. The Labute approximate surface area is 214 Å². The Bertz CT molecular complexity index is 969. The largest absolute Gasteiger partial charge is 0.481 e. The van der Waals surface area contributed by atoms with Gasteiger partial charge in [0.1, 0.15) is 18.1 Å². The second-order valence-electron chi connectivity index (χ2n) is 8.92. The van der Waals surface area contributed by atoms with Gasteiger partial charge in [-0.2, -0.15) is 0 Å². The molecule has 13 nitrogen and oxygen atoms in total. The van der Waals surface area contributed by atoms with Crippen molar-refractivity contribution in [1.29, 1.82) is 0 Å². The van der Waals surface area contributed by atoms with Crippen molar-refractivity contribution in [3.8, 4) is 0 Å². The molecule has 0 spiro atoms. The van der Waals surface area contributed by atoms with Crippen molar-refractivity contribution in [2.75, 3.05) is 0 Å². The maximum atomic E-state index is 13.2. The maximum Gasteiger partial charge on any atom is 0.326 e. The number of carbonyl (C=O) groups is 6. The quantitative estimate of drug-likeness (QED) is 0.139. The number of benzene rings is 1. The van der Waals surface area contributed by atoms with Crippen molar-refractivity contribution in [2.24, 2.45) is 17.4 Å². The van der Waals surface area contributed by atoms with Crippen LogP contribution < -0.4 is 27.4 Å². The minimum atomic E-state index is -1.32. The molecule has 0 fully saturated rings. The third kappa shape index (κ3) is 11.5. The Morgan fingerprint density at radius 3 is 1.89 bits per heavy atom. The summed E-state index contributed by atoms with van der Waals surface area (Å²) in [6, 6.07) is 3.67. The van der Waals surface area contributed by atoms with Gasteiger partial charge in [0, 0.05) is 19.3 Å². The van der Waals surface area contributed by atoms with E-state index in [1.807, 2.05) is 0 Å². The Morgan fingerprint density at radius 1 is 0.811 bits per heavy atom. The van der Waals surface area contributed by atoms with Gasteiger partial charge in [0.2, 0.25) is 23.6 Å². The molecule has 4 atom stereocenters. The Morgan fingerprint density at radius 2 is 1.38 bits per heavy atom. The third-order valence-corrected chi connectivity index (χ3v) is 5.46. The molecule has 0 aromatic heterocycles. The fourth-order valence-corrected chi connectivity index (χ4v) is 3.34. The monoisotopic (exact) mass is 521 g/mol. The van der Waals surface area contributed by atoms with E-state index in [1.54, 1.807) is 44.2 Å². The van der Waals surface area contributed by atoms with Crippen LogP contribution in [0, 0.1) is 5.92 Å². The molecular weight excluding hydrogens is 486 g/mol. The number of hydrogen-bond acceptors (Lipinski definition) is 7. The van der Waals surface area contributed by atoms with E-state index in [0.717, 1.165) is 0 Å². The number of carboxylic acids is 2. The summed E-state index contributed by atoms with van der Waals surface area (Å²) in [5.41, 5.74) is 11.6. The van der Waals surface area contributed by atoms with Gasteiger partial charge in [-0.15, -0.1) is 0 Å². The lowest BCUT2D eigenvalue weighted by Gasteiger charge is -2.26. The molecule has 0 radical (unpaired) electrons. The van der Waals surface area contributed by atoms with E-state index in [0.29, 0.717) is 5.56 Å². The number of hydrogen-bond donors (Lipinski definition) is 7. The van der Waals surface area contributed by atoms with Crippen LogP contribution in [0.3, 0.4) is 0 Å². The molecule has 13 heteroatoms. The Kier molecular flexibility index (Phi) is 12.7. The molecule has 0 saturated carbocycles. The van der Waals surface area contributed by atoms with E-state index in [4.69, 9.17) is 16.6 Å². The second-order valence-corrected chi connectivity index (χ2v) is 8.92. The fraction of sp³-hybridized carbons (Fsp3) is 0.500. The lowest BCUT2D eigenvalue weighted by atomic mass is 10.0. The number of amides is 4. The summed E-state index contributed by atoms with van der Waals surface area (Å²) in [6.07, 6.45) is -0.969. The molecular formula is C24H35N5O8. The summed E-state index contributed by atoms with van der Waals surface area (Å²) < 4.78 is 0. The van der Waals surface area contributed by atoms with Crippen LogP contribution in [0.25, 0.3) is 0 Å². The SMILES string of the molecule is CC(C)C(NC(=O)C(CCC(N)=O)NC(=O)C(Cc1ccccc1)NC(=O)C(N)CCC(=O)O)C(=O)O. The van der Waals surface area contributed by atoms with Crippen LogP contribution in [-0.4, -0.2) is 69.9 Å². The van der Waals surface area contributed by atoms with Gasteiger partial charge in [0.15, 0.2) is 0 Å². The standard InChI is InChI=1S/C24H35N5O8/c1-13(2)20(24(36)37)29-22(34)16(9-10-18(26)30)27-23(35)17(12-14-6-4-3-5-7-14)28-21(33)15(25)8-11-19(31)32/h3-7,13,15-17,20H,8-12,25H2,1-2H3,(H2,26,30)(H,27,35)(H,28,33)(H,29,34)(H,31,32)(H,36,37). The summed E-state index contributed by atoms with van der Waals surface area (Å²) in [5.74, 6) is -5.99. The highest BCUT2D eigenvalue weighted by atomic mass is 16.4. The second kappa shape index (κ2) is 15.2. The molecule has 0 aliphatic carbocycles. The first-order valence-electron chi connectivity index (χ1n) is 11.7. The molecule has 0 saturated heterocycles. The summed E-state index contributed by atoms with van der Waals surface area (Å²) in [5, 5.41) is 25.5. The van der Waals surface area contributed by atoms with Gasteiger partial charge in [0.05, 0.1) is 6.04 Å². The molecule has 0 bridgehead atoms. The zero-order valence-corrected chi connectivity index (χ0v) is 20.8. The van der Waals surface area contributed by atoms with Crippen LogP contribution in [0.4, 0.5) is 0 Å². The first kappa shape index (κ1) is 31.0. The van der Waals surface area contributed by atoms with Crippen LogP contribution in [0.1, 0.15) is 45.1 Å². The highest BCUT2D eigenvalue weighted by Crippen LogP contribution is 2.08. The molecule has 0 aliphatic rings. The molecule has 0 heterocycles. The summed E-state index contributed by atoms with van der Waals surface area (Å²) in [6.45, 7) is 3.18. The van der Waals surface area contributed by atoms with E-state index < -0.39 is 65.7 Å². The molecule has 4 amide bonds. The van der Waals surface area contributed by atoms with Gasteiger partial charge >= 0.3 is 11.9 Å².